The van der Waals surface area contributed by atoms with E-state index in [1.165, 1.54) is 21.5 Å². The van der Waals surface area contributed by atoms with E-state index in [4.69, 9.17) is 11.6 Å². The molecule has 3 aromatic rings. The highest BCUT2D eigenvalue weighted by molar-refractivity contribution is 7.92. The molecule has 1 aliphatic rings. The van der Waals surface area contributed by atoms with Gasteiger partial charge in [0.1, 0.15) is 16.6 Å². The summed E-state index contributed by atoms with van der Waals surface area (Å²) in [7, 11) is -2.77. The summed E-state index contributed by atoms with van der Waals surface area (Å²) < 4.78 is 31.6. The molecule has 36 heavy (non-hydrogen) atoms. The molecule has 2 heterocycles. The second-order valence-corrected chi connectivity index (χ2v) is 10.2. The van der Waals surface area contributed by atoms with Crippen molar-refractivity contribution in [2.24, 2.45) is 7.05 Å². The Bertz CT molecular complexity index is 1540. The minimum atomic E-state index is -4.39. The van der Waals surface area contributed by atoms with E-state index in [-0.39, 0.29) is 29.1 Å². The minimum Gasteiger partial charge on any atom is -0.340 e. The van der Waals surface area contributed by atoms with Gasteiger partial charge in [0.05, 0.1) is 16.4 Å². The number of amides is 3. The van der Waals surface area contributed by atoms with E-state index in [9.17, 15) is 27.6 Å². The molecule has 0 spiro atoms. The van der Waals surface area contributed by atoms with Gasteiger partial charge in [-0.1, -0.05) is 29.8 Å². The molecule has 0 aliphatic carbocycles. The number of halogens is 1. The molecule has 0 radical (unpaired) electrons. The standard InChI is InChI=1S/C23H22ClN5O6S/c1-13-20(23(33)29(28(13)2)15-6-4-3-5-7-15)27-36(34,35)18-12-14(8-9-16(18)24)21(31)25-17-10-11-19(30)26-22(17)32/h3-9,12,17,27H,10-11H2,1-2H3,(H,25,31)(H,26,30,32)/t17-/m0/s1. The van der Waals surface area contributed by atoms with Gasteiger partial charge in [0, 0.05) is 19.0 Å². The number of carbonyl (C=O) groups excluding carboxylic acids is 3. The van der Waals surface area contributed by atoms with E-state index in [0.29, 0.717) is 11.4 Å². The van der Waals surface area contributed by atoms with E-state index in [1.807, 2.05) is 0 Å². The predicted molar refractivity (Wildman–Crippen MR) is 132 cm³/mol. The van der Waals surface area contributed by atoms with Gasteiger partial charge in [-0.25, -0.2) is 13.1 Å². The van der Waals surface area contributed by atoms with Crippen LogP contribution in [0.1, 0.15) is 28.9 Å². The number of aromatic nitrogens is 2. The van der Waals surface area contributed by atoms with Crippen LogP contribution in [-0.4, -0.2) is 41.5 Å². The summed E-state index contributed by atoms with van der Waals surface area (Å²) in [6, 6.07) is 11.4. The van der Waals surface area contributed by atoms with Crippen molar-refractivity contribution >= 4 is 45.0 Å². The Morgan fingerprint density at radius 1 is 1.11 bits per heavy atom. The van der Waals surface area contributed by atoms with Crippen LogP contribution in [0.15, 0.2) is 58.2 Å². The van der Waals surface area contributed by atoms with Crippen molar-refractivity contribution in [2.75, 3.05) is 4.72 Å². The molecule has 0 saturated carbocycles. The average molecular weight is 532 g/mol. The van der Waals surface area contributed by atoms with E-state index < -0.39 is 44.2 Å². The largest absolute Gasteiger partial charge is 0.340 e. The molecular weight excluding hydrogens is 510 g/mol. The number of nitrogens with zero attached hydrogens (tertiary/aromatic N) is 2. The Kier molecular flexibility index (Phi) is 6.74. The molecule has 0 bridgehead atoms. The maximum Gasteiger partial charge on any atom is 0.296 e. The first-order chi connectivity index (χ1) is 17.0. The topological polar surface area (TPSA) is 148 Å². The fourth-order valence-corrected chi connectivity index (χ4v) is 5.44. The third-order valence-electron chi connectivity index (χ3n) is 5.82. The van der Waals surface area contributed by atoms with Gasteiger partial charge in [-0.2, -0.15) is 0 Å². The first-order valence-corrected chi connectivity index (χ1v) is 12.7. The first kappa shape index (κ1) is 25.2. The third kappa shape index (κ3) is 4.77. The molecule has 1 saturated heterocycles. The van der Waals surface area contributed by atoms with Gasteiger partial charge < -0.3 is 5.32 Å². The number of rotatable bonds is 6. The van der Waals surface area contributed by atoms with Crippen LogP contribution >= 0.6 is 11.6 Å². The molecule has 1 aliphatic heterocycles. The molecule has 3 amide bonds. The normalized spacial score (nSPS) is 15.9. The van der Waals surface area contributed by atoms with Gasteiger partial charge in [-0.15, -0.1) is 0 Å². The van der Waals surface area contributed by atoms with Gasteiger partial charge in [0.25, 0.3) is 21.5 Å². The molecule has 2 aromatic carbocycles. The van der Waals surface area contributed by atoms with E-state index in [1.54, 1.807) is 44.3 Å². The van der Waals surface area contributed by atoms with Gasteiger partial charge in [-0.3, -0.25) is 33.9 Å². The maximum atomic E-state index is 13.3. The van der Waals surface area contributed by atoms with Crippen molar-refractivity contribution in [1.82, 2.24) is 20.0 Å². The number of hydrogen-bond acceptors (Lipinski definition) is 6. The van der Waals surface area contributed by atoms with E-state index in [0.717, 1.165) is 6.07 Å². The maximum absolute atomic E-state index is 13.3. The Morgan fingerprint density at radius 2 is 1.81 bits per heavy atom. The Balaban J connectivity index is 1.64. The first-order valence-electron chi connectivity index (χ1n) is 10.8. The summed E-state index contributed by atoms with van der Waals surface area (Å²) in [6.07, 6.45) is 0.190. The fourth-order valence-electron chi connectivity index (χ4n) is 3.80. The smallest absolute Gasteiger partial charge is 0.296 e. The Hall–Kier alpha value is -3.90. The number of hydrogen-bond donors (Lipinski definition) is 3. The van der Waals surface area contributed by atoms with Crippen LogP contribution in [0.5, 0.6) is 0 Å². The van der Waals surface area contributed by atoms with Crippen LogP contribution in [0.25, 0.3) is 5.69 Å². The number of carbonyl (C=O) groups is 3. The highest BCUT2D eigenvalue weighted by Gasteiger charge is 2.29. The zero-order valence-corrected chi connectivity index (χ0v) is 20.8. The molecule has 13 heteroatoms. The molecule has 4 rings (SSSR count). The van der Waals surface area contributed by atoms with Crippen molar-refractivity contribution in [3.05, 3.63) is 75.2 Å². The molecule has 1 atom stereocenters. The molecule has 188 valence electrons. The lowest BCUT2D eigenvalue weighted by molar-refractivity contribution is -0.134. The van der Waals surface area contributed by atoms with Gasteiger partial charge >= 0.3 is 0 Å². The van der Waals surface area contributed by atoms with Crippen LogP contribution < -0.4 is 20.9 Å². The van der Waals surface area contributed by atoms with Crippen LogP contribution in [0.3, 0.4) is 0 Å². The number of anilines is 1. The Morgan fingerprint density at radius 3 is 2.47 bits per heavy atom. The SMILES string of the molecule is Cc1c(NS(=O)(=O)c2cc(C(=O)N[C@H]3CCC(=O)NC3=O)ccc2Cl)c(=O)n(-c2ccccc2)n1C. The highest BCUT2D eigenvalue weighted by Crippen LogP contribution is 2.26. The zero-order chi connectivity index (χ0) is 26.2. The van der Waals surface area contributed by atoms with E-state index >= 15 is 0 Å². The minimum absolute atomic E-state index is 0.0673. The molecular formula is C23H22ClN5O6S. The number of piperidine rings is 1. The summed E-state index contributed by atoms with van der Waals surface area (Å²) in [5.74, 6) is -1.80. The molecule has 1 aromatic heterocycles. The molecule has 11 nitrogen and oxygen atoms in total. The fraction of sp³-hybridized carbons (Fsp3) is 0.217. The van der Waals surface area contributed by atoms with Crippen LogP contribution in [0.4, 0.5) is 5.69 Å². The van der Waals surface area contributed by atoms with E-state index in [2.05, 4.69) is 15.4 Å². The lowest BCUT2D eigenvalue weighted by Crippen LogP contribution is -2.52. The quantitative estimate of drug-likeness (QED) is 0.410. The number of para-hydroxylation sites is 1. The van der Waals surface area contributed by atoms with Crippen molar-refractivity contribution in [3.63, 3.8) is 0 Å². The summed E-state index contributed by atoms with van der Waals surface area (Å²) >= 11 is 6.15. The van der Waals surface area contributed by atoms with Crippen LogP contribution in [-0.2, 0) is 26.7 Å². The summed E-state index contributed by atoms with van der Waals surface area (Å²) in [5.41, 5.74) is 0.0680. The van der Waals surface area contributed by atoms with Crippen LogP contribution in [0, 0.1) is 6.92 Å². The second-order valence-electron chi connectivity index (χ2n) is 8.16. The number of nitrogens with one attached hydrogen (secondary N) is 3. The van der Waals surface area contributed by atoms with Gasteiger partial charge in [-0.05, 0) is 43.7 Å². The summed E-state index contributed by atoms with van der Waals surface area (Å²) in [6.45, 7) is 1.59. The second kappa shape index (κ2) is 9.63. The molecule has 3 N–H and O–H groups in total. The van der Waals surface area contributed by atoms with Gasteiger partial charge in [0.15, 0.2) is 0 Å². The molecule has 1 fully saturated rings. The lowest BCUT2D eigenvalue weighted by atomic mass is 10.1. The van der Waals surface area contributed by atoms with Crippen molar-refractivity contribution in [3.8, 4) is 5.69 Å². The number of imide groups is 1. The molecule has 0 unspecified atom stereocenters. The van der Waals surface area contributed by atoms with Crippen molar-refractivity contribution in [2.45, 2.75) is 30.7 Å². The predicted octanol–water partition coefficient (Wildman–Crippen LogP) is 1.47. The van der Waals surface area contributed by atoms with Crippen molar-refractivity contribution < 1.29 is 22.8 Å². The third-order valence-corrected chi connectivity index (χ3v) is 7.65. The monoisotopic (exact) mass is 531 g/mol. The number of benzene rings is 2. The number of sulfonamides is 1. The summed E-state index contributed by atoms with van der Waals surface area (Å²) in [4.78, 5) is 48.7. The average Bonchev–Trinajstić information content (AvgIpc) is 3.04. The summed E-state index contributed by atoms with van der Waals surface area (Å²) in [5, 5.41) is 4.45. The van der Waals surface area contributed by atoms with Crippen LogP contribution in [0.2, 0.25) is 5.02 Å². The highest BCUT2D eigenvalue weighted by atomic mass is 35.5. The van der Waals surface area contributed by atoms with Crippen molar-refractivity contribution in [1.29, 1.82) is 0 Å². The van der Waals surface area contributed by atoms with Gasteiger partial charge in [0.2, 0.25) is 11.8 Å². The lowest BCUT2D eigenvalue weighted by Gasteiger charge is -2.22. The zero-order valence-electron chi connectivity index (χ0n) is 19.2. The Labute approximate surface area is 211 Å².